The van der Waals surface area contributed by atoms with E-state index in [1.54, 1.807) is 18.2 Å². The zero-order valence-corrected chi connectivity index (χ0v) is 23.2. The average Bonchev–Trinajstić information content (AvgIpc) is 3.13. The van der Waals surface area contributed by atoms with Crippen molar-refractivity contribution in [2.45, 2.75) is 60.3 Å². The maximum Gasteiger partial charge on any atom is 0.182 e. The normalized spacial score (nSPS) is 17.9. The molecule has 0 radical (unpaired) electrons. The van der Waals surface area contributed by atoms with Gasteiger partial charge in [0.25, 0.3) is 0 Å². The fourth-order valence-electron chi connectivity index (χ4n) is 6.30. The van der Waals surface area contributed by atoms with Crippen molar-refractivity contribution in [1.82, 2.24) is 9.38 Å². The first-order valence-corrected chi connectivity index (χ1v) is 13.5. The highest BCUT2D eigenvalue weighted by Crippen LogP contribution is 2.49. The number of hydrogen-bond donors (Lipinski definition) is 1. The molecule has 0 aliphatic heterocycles. The van der Waals surface area contributed by atoms with Gasteiger partial charge < -0.3 is 9.51 Å². The molecule has 0 spiro atoms. The maximum atomic E-state index is 13.9. The summed E-state index contributed by atoms with van der Waals surface area (Å²) in [6.45, 7) is 10.4. The third kappa shape index (κ3) is 3.87. The summed E-state index contributed by atoms with van der Waals surface area (Å²) in [6.07, 6.45) is 2.06. The van der Waals surface area contributed by atoms with E-state index in [9.17, 15) is 14.7 Å². The van der Waals surface area contributed by atoms with Gasteiger partial charge in [-0.1, -0.05) is 69.1 Å². The van der Waals surface area contributed by atoms with E-state index >= 15 is 0 Å². The lowest BCUT2D eigenvalue weighted by Crippen LogP contribution is -2.32. The van der Waals surface area contributed by atoms with Crippen molar-refractivity contribution in [2.24, 2.45) is 10.8 Å². The number of nitrogens with zero attached hydrogens (tertiary/aromatic N) is 2. The molecule has 0 atom stereocenters. The molecule has 6 rings (SSSR count). The van der Waals surface area contributed by atoms with Crippen LogP contribution in [0.3, 0.4) is 0 Å². The van der Waals surface area contributed by atoms with Gasteiger partial charge in [-0.2, -0.15) is 0 Å². The molecule has 0 bridgehead atoms. The van der Waals surface area contributed by atoms with Gasteiger partial charge in [0.1, 0.15) is 11.4 Å². The number of Topliss-reactive ketones (excluding diaryl/α,β-unsaturated/α-hetero) is 2. The first-order valence-electron chi connectivity index (χ1n) is 13.1. The first kappa shape index (κ1) is 24.9. The third-order valence-electron chi connectivity index (χ3n) is 7.90. The average molecular weight is 527 g/mol. The molecule has 1 N–H and O–H groups in total. The summed E-state index contributed by atoms with van der Waals surface area (Å²) in [4.78, 5) is 32.8. The Balaban J connectivity index is 1.86. The molecule has 0 amide bonds. The largest absolute Gasteiger partial charge is 0.507 e. The van der Waals surface area contributed by atoms with E-state index in [0.29, 0.717) is 64.3 Å². The summed E-state index contributed by atoms with van der Waals surface area (Å²) in [5.41, 5.74) is 6.66. The van der Waals surface area contributed by atoms with Gasteiger partial charge in [0, 0.05) is 45.8 Å². The topological polar surface area (TPSA) is 71.7 Å². The van der Waals surface area contributed by atoms with E-state index in [1.807, 2.05) is 35.6 Å². The number of carbonyl (C=O) groups is 2. The van der Waals surface area contributed by atoms with Crippen molar-refractivity contribution in [2.75, 3.05) is 0 Å². The molecular formula is C32H31ClN2O3. The minimum absolute atomic E-state index is 0.00141. The van der Waals surface area contributed by atoms with Crippen LogP contribution in [0.1, 0.15) is 78.3 Å². The molecule has 38 heavy (non-hydrogen) atoms. The summed E-state index contributed by atoms with van der Waals surface area (Å²) >= 11 is 6.42. The highest BCUT2D eigenvalue weighted by atomic mass is 35.5. The number of benzene rings is 2. The summed E-state index contributed by atoms with van der Waals surface area (Å²) in [7, 11) is 0. The van der Waals surface area contributed by atoms with Gasteiger partial charge in [-0.05, 0) is 48.8 Å². The maximum absolute atomic E-state index is 13.9. The SMILES string of the molecule is Cc1ccc(-c2nc3c(n4c5c(c(-c6cc(Cl)ccc6O)c24)C(=O)CC(C)(C)C5)C(=O)CC(C)(C)C3)cc1. The summed E-state index contributed by atoms with van der Waals surface area (Å²) < 4.78 is 2.01. The smallest absolute Gasteiger partial charge is 0.182 e. The second-order valence-electron chi connectivity index (χ2n) is 12.5. The van der Waals surface area contributed by atoms with Gasteiger partial charge in [0.15, 0.2) is 11.6 Å². The molecule has 2 aliphatic rings. The highest BCUT2D eigenvalue weighted by Gasteiger charge is 2.42. The Morgan fingerprint density at radius 1 is 0.868 bits per heavy atom. The fourth-order valence-corrected chi connectivity index (χ4v) is 6.47. The Hall–Kier alpha value is -3.44. The van der Waals surface area contributed by atoms with Crippen LogP contribution in [-0.4, -0.2) is 26.1 Å². The summed E-state index contributed by atoms with van der Waals surface area (Å²) in [5, 5.41) is 11.5. The Bertz CT molecular complexity index is 1680. The Morgan fingerprint density at radius 3 is 2.24 bits per heavy atom. The summed E-state index contributed by atoms with van der Waals surface area (Å²) in [6, 6.07) is 13.0. The van der Waals surface area contributed by atoms with E-state index < -0.39 is 0 Å². The number of carbonyl (C=O) groups excluding carboxylic acids is 2. The quantitative estimate of drug-likeness (QED) is 0.291. The molecular weight excluding hydrogens is 496 g/mol. The minimum atomic E-state index is -0.275. The second kappa shape index (κ2) is 8.28. The number of rotatable bonds is 2. The van der Waals surface area contributed by atoms with Crippen LogP contribution >= 0.6 is 11.6 Å². The lowest BCUT2D eigenvalue weighted by molar-refractivity contribution is 0.0888. The molecule has 0 fully saturated rings. The minimum Gasteiger partial charge on any atom is -0.507 e. The Morgan fingerprint density at radius 2 is 1.53 bits per heavy atom. The number of fused-ring (bicyclic) bond motifs is 5. The van der Waals surface area contributed by atoms with Crippen molar-refractivity contribution in [3.8, 4) is 28.1 Å². The number of aryl methyl sites for hydroxylation is 1. The number of phenols is 1. The number of halogens is 1. The van der Waals surface area contributed by atoms with Crippen LogP contribution in [0.15, 0.2) is 42.5 Å². The van der Waals surface area contributed by atoms with Crippen molar-refractivity contribution < 1.29 is 14.7 Å². The molecule has 2 aromatic heterocycles. The second-order valence-corrected chi connectivity index (χ2v) is 13.0. The molecule has 6 heteroatoms. The molecule has 0 saturated carbocycles. The Labute approximate surface area is 227 Å². The lowest BCUT2D eigenvalue weighted by Gasteiger charge is -2.32. The molecule has 4 aromatic rings. The van der Waals surface area contributed by atoms with Crippen molar-refractivity contribution in [3.63, 3.8) is 0 Å². The van der Waals surface area contributed by atoms with Crippen LogP contribution < -0.4 is 0 Å². The van der Waals surface area contributed by atoms with Gasteiger partial charge in [-0.3, -0.25) is 9.59 Å². The molecule has 2 heterocycles. The van der Waals surface area contributed by atoms with Crippen LogP contribution in [0, 0.1) is 17.8 Å². The van der Waals surface area contributed by atoms with Crippen molar-refractivity contribution in [3.05, 3.63) is 75.7 Å². The zero-order chi connectivity index (χ0) is 27.1. The van der Waals surface area contributed by atoms with Crippen LogP contribution in [0.2, 0.25) is 5.02 Å². The number of phenolic OH excluding ortho intramolecular Hbond substituents is 1. The van der Waals surface area contributed by atoms with Crippen LogP contribution in [0.5, 0.6) is 5.75 Å². The molecule has 2 aliphatic carbocycles. The highest BCUT2D eigenvalue weighted by molar-refractivity contribution is 6.31. The monoisotopic (exact) mass is 526 g/mol. The van der Waals surface area contributed by atoms with Crippen LogP contribution in [-0.2, 0) is 12.8 Å². The van der Waals surface area contributed by atoms with E-state index in [0.717, 1.165) is 22.5 Å². The standard InChI is InChI=1S/C32H31ClN2O3/c1-17-6-8-18(9-7-17)28-30-26(20-12-19(33)10-11-23(20)36)27-22(14-32(4,5)15-24(27)37)35(30)29-21(34-28)13-31(2,3)16-25(29)38/h6-12,36H,13-16H2,1-5H3. The molecule has 194 valence electrons. The number of hydrogen-bond acceptors (Lipinski definition) is 4. The van der Waals surface area contributed by atoms with Gasteiger partial charge >= 0.3 is 0 Å². The fraction of sp³-hybridized carbons (Fsp3) is 0.344. The number of aromatic nitrogens is 2. The van der Waals surface area contributed by atoms with Gasteiger partial charge in [-0.15, -0.1) is 0 Å². The van der Waals surface area contributed by atoms with Gasteiger partial charge in [0.2, 0.25) is 0 Å². The molecule has 2 aromatic carbocycles. The number of ketones is 2. The zero-order valence-electron chi connectivity index (χ0n) is 22.4. The predicted octanol–water partition coefficient (Wildman–Crippen LogP) is 7.65. The predicted molar refractivity (Wildman–Crippen MR) is 150 cm³/mol. The molecule has 0 unspecified atom stereocenters. The van der Waals surface area contributed by atoms with Crippen molar-refractivity contribution >= 4 is 28.7 Å². The summed E-state index contributed by atoms with van der Waals surface area (Å²) in [5.74, 6) is 0.0589. The molecule has 5 nitrogen and oxygen atoms in total. The number of aromatic hydroxyl groups is 1. The van der Waals surface area contributed by atoms with Crippen molar-refractivity contribution in [1.29, 1.82) is 0 Å². The van der Waals surface area contributed by atoms with E-state index in [4.69, 9.17) is 16.6 Å². The van der Waals surface area contributed by atoms with E-state index in [-0.39, 0.29) is 28.1 Å². The van der Waals surface area contributed by atoms with Gasteiger partial charge in [0.05, 0.1) is 16.9 Å². The van der Waals surface area contributed by atoms with Crippen LogP contribution in [0.25, 0.3) is 27.9 Å². The van der Waals surface area contributed by atoms with E-state index in [1.165, 1.54) is 0 Å². The van der Waals surface area contributed by atoms with E-state index in [2.05, 4.69) is 27.7 Å². The molecule has 0 saturated heterocycles. The lowest BCUT2D eigenvalue weighted by atomic mass is 9.74. The van der Waals surface area contributed by atoms with Gasteiger partial charge in [-0.25, -0.2) is 4.98 Å². The first-order chi connectivity index (χ1) is 17.8. The third-order valence-corrected chi connectivity index (χ3v) is 8.14. The van der Waals surface area contributed by atoms with Crippen LogP contribution in [0.4, 0.5) is 0 Å². The Kier molecular flexibility index (Phi) is 5.42.